The average molecular weight is 556 g/mol. The van der Waals surface area contributed by atoms with Gasteiger partial charge in [0.25, 0.3) is 5.91 Å². The van der Waals surface area contributed by atoms with Crippen LogP contribution in [0.25, 0.3) is 0 Å². The molecule has 0 saturated heterocycles. The van der Waals surface area contributed by atoms with Crippen molar-refractivity contribution in [2.45, 2.75) is 19.6 Å². The van der Waals surface area contributed by atoms with Gasteiger partial charge in [0.05, 0.1) is 35.9 Å². The van der Waals surface area contributed by atoms with Gasteiger partial charge in [-0.2, -0.15) is 13.2 Å². The second-order valence-corrected chi connectivity index (χ2v) is 9.35. The van der Waals surface area contributed by atoms with Crippen LogP contribution in [0.3, 0.4) is 0 Å². The smallest absolute Gasteiger partial charge is 0.419 e. The zero-order valence-corrected chi connectivity index (χ0v) is 21.7. The first-order valence-electron chi connectivity index (χ1n) is 11.1. The summed E-state index contributed by atoms with van der Waals surface area (Å²) in [6, 6.07) is 4.76. The molecule has 0 saturated carbocycles. The van der Waals surface area contributed by atoms with E-state index in [0.29, 0.717) is 17.9 Å². The predicted molar refractivity (Wildman–Crippen MR) is 136 cm³/mol. The molecular weight excluding hydrogens is 527 g/mol. The molecule has 0 spiro atoms. The van der Waals surface area contributed by atoms with Crippen molar-refractivity contribution >= 4 is 27.7 Å². The highest BCUT2D eigenvalue weighted by Crippen LogP contribution is 2.27. The van der Waals surface area contributed by atoms with E-state index in [1.807, 2.05) is 0 Å². The van der Waals surface area contributed by atoms with Crippen molar-refractivity contribution in [3.8, 4) is 0 Å². The van der Waals surface area contributed by atoms with Gasteiger partial charge in [0, 0.05) is 31.7 Å². The largest absolute Gasteiger partial charge is 0.499 e. The van der Waals surface area contributed by atoms with Crippen molar-refractivity contribution in [2.75, 3.05) is 37.1 Å². The molecule has 0 aromatic carbocycles. The van der Waals surface area contributed by atoms with Gasteiger partial charge in [0.15, 0.2) is 0 Å². The molecule has 2 aromatic heterocycles. The van der Waals surface area contributed by atoms with Crippen LogP contribution in [0.4, 0.5) is 24.9 Å². The highest BCUT2D eigenvalue weighted by Gasteiger charge is 2.32. The summed E-state index contributed by atoms with van der Waals surface area (Å²) in [5, 5.41) is 8.39. The molecule has 0 aliphatic carbocycles. The number of rotatable bonds is 13. The number of nitrogens with zero attached hydrogens (tertiary/aromatic N) is 3. The first-order valence-corrected chi connectivity index (χ1v) is 13.0. The molecule has 0 atom stereocenters. The van der Waals surface area contributed by atoms with Crippen molar-refractivity contribution in [3.63, 3.8) is 0 Å². The molecule has 0 radical (unpaired) electrons. The maximum absolute atomic E-state index is 13.4. The molecule has 4 N–H and O–H groups in total. The lowest BCUT2D eigenvalue weighted by Gasteiger charge is -2.12. The van der Waals surface area contributed by atoms with Gasteiger partial charge >= 0.3 is 6.18 Å². The van der Waals surface area contributed by atoms with Crippen LogP contribution in [0.15, 0.2) is 66.4 Å². The Balaban J connectivity index is 2.08. The van der Waals surface area contributed by atoms with Crippen LogP contribution < -0.4 is 20.7 Å². The Morgan fingerprint density at radius 1 is 1.16 bits per heavy atom. The SMILES string of the molecule is C\C=C(/C=C\C(=C\OCCNS(C)(=O)=O)C(F)(F)F)NC(=O)c1cccnc1NCc1ccnc(NC)n1. The van der Waals surface area contributed by atoms with Crippen LogP contribution in [-0.2, 0) is 21.3 Å². The number of hydrogen-bond donors (Lipinski definition) is 4. The Morgan fingerprint density at radius 3 is 2.58 bits per heavy atom. The van der Waals surface area contributed by atoms with Crippen molar-refractivity contribution < 1.29 is 31.1 Å². The third kappa shape index (κ3) is 10.6. The standard InChI is InChI=1S/C23H28F3N7O4S/c1-4-17(8-7-16(23(24,25)26)15-37-13-12-31-38(3,35)36)32-21(34)19-6-5-10-28-20(19)30-14-18-9-11-29-22(27-2)33-18/h4-11,15,31H,12-14H2,1-3H3,(H,28,30)(H,32,34)(H,27,29,33)/b8-7-,16-15-,17-4+. The minimum Gasteiger partial charge on any atom is -0.499 e. The molecule has 0 bridgehead atoms. The number of nitrogens with one attached hydrogen (secondary N) is 4. The summed E-state index contributed by atoms with van der Waals surface area (Å²) in [6.07, 6.45) is 2.93. The second kappa shape index (κ2) is 14.1. The molecule has 11 nitrogen and oxygen atoms in total. The molecule has 0 fully saturated rings. The number of amides is 1. The number of ether oxygens (including phenoxy) is 1. The lowest BCUT2D eigenvalue weighted by Crippen LogP contribution is -2.25. The van der Waals surface area contributed by atoms with E-state index in [1.54, 1.807) is 32.3 Å². The quantitative estimate of drug-likeness (QED) is 0.166. The minimum atomic E-state index is -4.75. The van der Waals surface area contributed by atoms with Crippen LogP contribution in [0.5, 0.6) is 0 Å². The summed E-state index contributed by atoms with van der Waals surface area (Å²) >= 11 is 0. The number of alkyl halides is 3. The Kier molecular flexibility index (Phi) is 11.2. The van der Waals surface area contributed by atoms with E-state index in [-0.39, 0.29) is 36.8 Å². The number of halogens is 3. The highest BCUT2D eigenvalue weighted by atomic mass is 32.2. The van der Waals surface area contributed by atoms with Crippen LogP contribution in [0.1, 0.15) is 23.0 Å². The van der Waals surface area contributed by atoms with E-state index in [0.717, 1.165) is 18.4 Å². The van der Waals surface area contributed by atoms with Crippen LogP contribution >= 0.6 is 0 Å². The van der Waals surface area contributed by atoms with Gasteiger partial charge in [-0.15, -0.1) is 0 Å². The van der Waals surface area contributed by atoms with Crippen molar-refractivity contribution in [1.29, 1.82) is 0 Å². The van der Waals surface area contributed by atoms with E-state index < -0.39 is 27.7 Å². The predicted octanol–water partition coefficient (Wildman–Crippen LogP) is 2.73. The number of carbonyl (C=O) groups is 1. The lowest BCUT2D eigenvalue weighted by molar-refractivity contribution is -0.0902. The fourth-order valence-corrected chi connectivity index (χ4v) is 3.20. The molecule has 1 amide bonds. The molecular formula is C23H28F3N7O4S. The van der Waals surface area contributed by atoms with Gasteiger partial charge in [0.2, 0.25) is 16.0 Å². The Bertz CT molecular complexity index is 1300. The molecule has 206 valence electrons. The van der Waals surface area contributed by atoms with Crippen molar-refractivity contribution in [1.82, 2.24) is 25.0 Å². The summed E-state index contributed by atoms with van der Waals surface area (Å²) in [6.45, 7) is 1.27. The number of anilines is 2. The fourth-order valence-electron chi connectivity index (χ4n) is 2.74. The number of pyridine rings is 1. The molecule has 15 heteroatoms. The van der Waals surface area contributed by atoms with Crippen LogP contribution in [0.2, 0.25) is 0 Å². The van der Waals surface area contributed by atoms with Gasteiger partial charge in [-0.05, 0) is 37.3 Å². The number of carbonyl (C=O) groups excluding carboxylic acids is 1. The van der Waals surface area contributed by atoms with Crippen molar-refractivity contribution in [3.05, 3.63) is 77.6 Å². The number of aromatic nitrogens is 3. The highest BCUT2D eigenvalue weighted by molar-refractivity contribution is 7.88. The Labute approximate surface area is 218 Å². The lowest BCUT2D eigenvalue weighted by atomic mass is 10.2. The summed E-state index contributed by atoms with van der Waals surface area (Å²) in [7, 11) is -1.81. The van der Waals surface area contributed by atoms with Gasteiger partial charge in [0.1, 0.15) is 12.4 Å². The molecule has 2 heterocycles. The molecule has 2 rings (SSSR count). The first-order chi connectivity index (χ1) is 17.9. The second-order valence-electron chi connectivity index (χ2n) is 7.51. The zero-order chi connectivity index (χ0) is 28.2. The normalized spacial score (nSPS) is 12.9. The molecule has 38 heavy (non-hydrogen) atoms. The van der Waals surface area contributed by atoms with Gasteiger partial charge in [-0.3, -0.25) is 4.79 Å². The molecule has 0 unspecified atom stereocenters. The van der Waals surface area contributed by atoms with Gasteiger partial charge < -0.3 is 20.7 Å². The van der Waals surface area contributed by atoms with Crippen molar-refractivity contribution in [2.24, 2.45) is 0 Å². The van der Waals surface area contributed by atoms with E-state index in [9.17, 15) is 26.4 Å². The van der Waals surface area contributed by atoms with Crippen LogP contribution in [0, 0.1) is 0 Å². The summed E-state index contributed by atoms with van der Waals surface area (Å²) in [5.41, 5.74) is -0.246. The third-order valence-corrected chi connectivity index (χ3v) is 5.29. The maximum Gasteiger partial charge on any atom is 0.419 e. The number of allylic oxidation sites excluding steroid dienone is 4. The van der Waals surface area contributed by atoms with Crippen LogP contribution in [-0.4, -0.2) is 61.9 Å². The minimum absolute atomic E-state index is 0.0909. The summed E-state index contributed by atoms with van der Waals surface area (Å²) in [4.78, 5) is 25.4. The third-order valence-electron chi connectivity index (χ3n) is 4.56. The average Bonchev–Trinajstić information content (AvgIpc) is 2.87. The maximum atomic E-state index is 13.4. The number of hydrogen-bond acceptors (Lipinski definition) is 9. The van der Waals surface area contributed by atoms with E-state index in [2.05, 4.69) is 35.6 Å². The molecule has 0 aliphatic heterocycles. The zero-order valence-electron chi connectivity index (χ0n) is 20.8. The summed E-state index contributed by atoms with van der Waals surface area (Å²) < 4.78 is 69.1. The molecule has 2 aromatic rings. The Morgan fingerprint density at radius 2 is 1.92 bits per heavy atom. The van der Waals surface area contributed by atoms with E-state index >= 15 is 0 Å². The topological polar surface area (TPSA) is 147 Å². The Hall–Kier alpha value is -3.98. The number of sulfonamides is 1. The van der Waals surface area contributed by atoms with E-state index in [4.69, 9.17) is 4.74 Å². The summed E-state index contributed by atoms with van der Waals surface area (Å²) in [5.74, 6) is 0.0784. The first kappa shape index (κ1) is 30.2. The van der Waals surface area contributed by atoms with Gasteiger partial charge in [-0.25, -0.2) is 28.1 Å². The monoisotopic (exact) mass is 555 g/mol. The fraction of sp³-hybridized carbons (Fsp3) is 0.304. The van der Waals surface area contributed by atoms with Gasteiger partial charge in [-0.1, -0.05) is 6.08 Å². The van der Waals surface area contributed by atoms with E-state index in [1.165, 1.54) is 18.3 Å². The molecule has 0 aliphatic rings.